The number of imidazole rings is 1. The summed E-state index contributed by atoms with van der Waals surface area (Å²) in [4.78, 5) is 4.03. The Hall–Kier alpha value is -0.693. The van der Waals surface area contributed by atoms with Gasteiger partial charge in [-0.1, -0.05) is 6.92 Å². The largest absolute Gasteiger partial charge is 0.524 e. The van der Waals surface area contributed by atoms with Crippen LogP contribution in [0.5, 0.6) is 0 Å². The molecular weight excluding hydrogens is 212 g/mol. The molecule has 0 N–H and O–H groups in total. The highest BCUT2D eigenvalue weighted by atomic mass is 28.4. The second-order valence-electron chi connectivity index (χ2n) is 3.15. The molecule has 0 radical (unpaired) electrons. The van der Waals surface area contributed by atoms with Crippen molar-refractivity contribution in [3.63, 3.8) is 0 Å². The fourth-order valence-corrected chi connectivity index (χ4v) is 4.09. The van der Waals surface area contributed by atoms with Crippen LogP contribution in [0.4, 0.5) is 0 Å². The second-order valence-corrected chi connectivity index (χ2v) is 6.25. The molecule has 0 fully saturated rings. The summed E-state index contributed by atoms with van der Waals surface area (Å²) in [6.07, 6.45) is 6.26. The first-order chi connectivity index (χ1) is 7.24. The maximum atomic E-state index is 5.46. The van der Waals surface area contributed by atoms with Crippen molar-refractivity contribution in [2.75, 3.05) is 21.3 Å². The predicted molar refractivity (Wildman–Crippen MR) is 58.3 cm³/mol. The lowest BCUT2D eigenvalue weighted by molar-refractivity contribution is 0.101. The van der Waals surface area contributed by atoms with Gasteiger partial charge in [-0.05, 0) is 6.42 Å². The van der Waals surface area contributed by atoms with Crippen molar-refractivity contribution >= 4 is 8.80 Å². The summed E-state index contributed by atoms with van der Waals surface area (Å²) in [7, 11) is 2.24. The summed E-state index contributed by atoms with van der Waals surface area (Å²) in [5, 5.41) is 0. The fraction of sp³-hybridized carbons (Fsp3) is 0.667. The maximum absolute atomic E-state index is 5.46. The van der Waals surface area contributed by atoms with Crippen LogP contribution < -0.4 is 0 Å². The molecule has 1 aromatic heterocycles. The van der Waals surface area contributed by atoms with E-state index >= 15 is 0 Å². The molecule has 0 aromatic carbocycles. The Balaban J connectivity index is 2.98. The standard InChI is InChI=1S/C9H18N2O3Si/c1-5-9(11-7-6-10-8-11)15(12-2,13-3)14-4/h6-9H,5H2,1-4H3/t9-/m0/s1. The predicted octanol–water partition coefficient (Wildman–Crippen LogP) is 1.25. The monoisotopic (exact) mass is 230 g/mol. The zero-order chi connectivity index (χ0) is 11.3. The first kappa shape index (κ1) is 12.4. The molecule has 0 unspecified atom stereocenters. The Bertz CT molecular complexity index is 267. The van der Waals surface area contributed by atoms with Crippen LogP contribution in [0.2, 0.25) is 0 Å². The van der Waals surface area contributed by atoms with Gasteiger partial charge in [-0.2, -0.15) is 0 Å². The molecular formula is C9H18N2O3Si. The number of hydrogen-bond acceptors (Lipinski definition) is 4. The molecule has 0 aliphatic rings. The molecule has 0 spiro atoms. The molecule has 0 saturated heterocycles. The van der Waals surface area contributed by atoms with E-state index in [4.69, 9.17) is 13.3 Å². The molecule has 15 heavy (non-hydrogen) atoms. The van der Waals surface area contributed by atoms with Crippen LogP contribution in [0.25, 0.3) is 0 Å². The van der Waals surface area contributed by atoms with E-state index in [0.29, 0.717) is 0 Å². The first-order valence-electron chi connectivity index (χ1n) is 4.87. The van der Waals surface area contributed by atoms with Gasteiger partial charge in [-0.3, -0.25) is 0 Å². The van der Waals surface area contributed by atoms with Crippen molar-refractivity contribution < 1.29 is 13.3 Å². The zero-order valence-electron chi connectivity index (χ0n) is 9.64. The minimum absolute atomic E-state index is 0.0694. The van der Waals surface area contributed by atoms with Gasteiger partial charge >= 0.3 is 8.80 Å². The van der Waals surface area contributed by atoms with E-state index in [-0.39, 0.29) is 5.67 Å². The summed E-state index contributed by atoms with van der Waals surface area (Å²) >= 11 is 0. The van der Waals surface area contributed by atoms with Crippen molar-refractivity contribution in [1.29, 1.82) is 0 Å². The average Bonchev–Trinajstić information content (AvgIpc) is 2.79. The highest BCUT2D eigenvalue weighted by Gasteiger charge is 2.47. The first-order valence-corrected chi connectivity index (χ1v) is 6.67. The molecule has 5 nitrogen and oxygen atoms in total. The van der Waals surface area contributed by atoms with Crippen LogP contribution in [0.3, 0.4) is 0 Å². The summed E-state index contributed by atoms with van der Waals surface area (Å²) in [5.74, 6) is 0. The molecule has 0 saturated carbocycles. The van der Waals surface area contributed by atoms with E-state index in [2.05, 4.69) is 11.9 Å². The lowest BCUT2D eigenvalue weighted by Gasteiger charge is -2.32. The maximum Gasteiger partial charge on any atom is 0.524 e. The highest BCUT2D eigenvalue weighted by Crippen LogP contribution is 2.26. The van der Waals surface area contributed by atoms with E-state index < -0.39 is 8.80 Å². The molecule has 1 aromatic rings. The van der Waals surface area contributed by atoms with Crippen molar-refractivity contribution in [3.05, 3.63) is 18.7 Å². The second kappa shape index (κ2) is 5.41. The topological polar surface area (TPSA) is 45.5 Å². The van der Waals surface area contributed by atoms with Crippen LogP contribution in [0, 0.1) is 0 Å². The van der Waals surface area contributed by atoms with Crippen molar-refractivity contribution in [2.45, 2.75) is 19.0 Å². The molecule has 1 heterocycles. The summed E-state index contributed by atoms with van der Waals surface area (Å²) < 4.78 is 18.4. The zero-order valence-corrected chi connectivity index (χ0v) is 10.6. The molecule has 1 atom stereocenters. The van der Waals surface area contributed by atoms with Gasteiger partial charge < -0.3 is 17.8 Å². The third-order valence-electron chi connectivity index (χ3n) is 2.53. The van der Waals surface area contributed by atoms with E-state index in [1.165, 1.54) is 0 Å². The molecule has 0 amide bonds. The van der Waals surface area contributed by atoms with E-state index in [1.807, 2.05) is 10.8 Å². The summed E-state index contributed by atoms with van der Waals surface area (Å²) in [6.45, 7) is 2.07. The third kappa shape index (κ3) is 2.28. The minimum atomic E-state index is -2.63. The van der Waals surface area contributed by atoms with Crippen molar-refractivity contribution in [2.24, 2.45) is 0 Å². The van der Waals surface area contributed by atoms with E-state index in [9.17, 15) is 0 Å². The summed E-state index contributed by atoms with van der Waals surface area (Å²) in [5.41, 5.74) is 0.0694. The molecule has 0 aliphatic carbocycles. The highest BCUT2D eigenvalue weighted by molar-refractivity contribution is 6.61. The van der Waals surface area contributed by atoms with Crippen LogP contribution >= 0.6 is 0 Å². The number of hydrogen-bond donors (Lipinski definition) is 0. The van der Waals surface area contributed by atoms with Crippen LogP contribution in [-0.2, 0) is 13.3 Å². The van der Waals surface area contributed by atoms with Gasteiger partial charge in [0, 0.05) is 33.7 Å². The van der Waals surface area contributed by atoms with Gasteiger partial charge in [0.05, 0.1) is 6.33 Å². The molecule has 86 valence electrons. The van der Waals surface area contributed by atoms with Gasteiger partial charge in [0.15, 0.2) is 0 Å². The number of aromatic nitrogens is 2. The lowest BCUT2D eigenvalue weighted by Crippen LogP contribution is -2.51. The smallest absolute Gasteiger partial charge is 0.376 e. The fourth-order valence-electron chi connectivity index (χ4n) is 1.76. The Morgan fingerprint density at radius 3 is 2.20 bits per heavy atom. The molecule has 6 heteroatoms. The molecule has 0 bridgehead atoms. The Morgan fingerprint density at radius 2 is 1.87 bits per heavy atom. The Labute approximate surface area is 91.4 Å². The number of nitrogens with zero attached hydrogens (tertiary/aromatic N) is 2. The van der Waals surface area contributed by atoms with Gasteiger partial charge in [0.25, 0.3) is 0 Å². The molecule has 1 rings (SSSR count). The van der Waals surface area contributed by atoms with Crippen LogP contribution in [-0.4, -0.2) is 39.7 Å². The SMILES string of the molecule is CC[C@@H](n1ccnc1)[Si](OC)(OC)OC. The van der Waals surface area contributed by atoms with Crippen LogP contribution in [0.1, 0.15) is 19.0 Å². The van der Waals surface area contributed by atoms with E-state index in [0.717, 1.165) is 6.42 Å². The third-order valence-corrected chi connectivity index (χ3v) is 5.76. The minimum Gasteiger partial charge on any atom is -0.376 e. The van der Waals surface area contributed by atoms with Gasteiger partial charge in [0.2, 0.25) is 0 Å². The average molecular weight is 230 g/mol. The summed E-state index contributed by atoms with van der Waals surface area (Å²) in [6, 6.07) is 0. The Morgan fingerprint density at radius 1 is 1.27 bits per heavy atom. The molecule has 0 aliphatic heterocycles. The van der Waals surface area contributed by atoms with E-state index in [1.54, 1.807) is 33.9 Å². The van der Waals surface area contributed by atoms with Crippen molar-refractivity contribution in [3.8, 4) is 0 Å². The lowest BCUT2D eigenvalue weighted by atomic mass is 10.5. The quantitative estimate of drug-likeness (QED) is 0.690. The van der Waals surface area contributed by atoms with Crippen molar-refractivity contribution in [1.82, 2.24) is 9.55 Å². The van der Waals surface area contributed by atoms with Gasteiger partial charge in [-0.25, -0.2) is 4.98 Å². The van der Waals surface area contributed by atoms with Crippen LogP contribution in [0.15, 0.2) is 18.7 Å². The number of rotatable bonds is 6. The van der Waals surface area contributed by atoms with Gasteiger partial charge in [0.1, 0.15) is 5.67 Å². The van der Waals surface area contributed by atoms with Gasteiger partial charge in [-0.15, -0.1) is 0 Å². The Kier molecular flexibility index (Phi) is 4.46. The normalized spacial score (nSPS) is 14.1.